The maximum Gasteiger partial charge on any atom is 0.251 e. The van der Waals surface area contributed by atoms with Gasteiger partial charge in [-0.3, -0.25) is 4.79 Å². The first-order valence-electron chi connectivity index (χ1n) is 7.22. The van der Waals surface area contributed by atoms with Gasteiger partial charge in [0.2, 0.25) is 5.28 Å². The number of rotatable bonds is 5. The summed E-state index contributed by atoms with van der Waals surface area (Å²) in [5, 5.41) is 3.68. The number of nitrogens with one attached hydrogen (secondary N) is 1. The molecule has 0 spiro atoms. The van der Waals surface area contributed by atoms with Crippen LogP contribution in [0.25, 0.3) is 0 Å². The summed E-state index contributed by atoms with van der Waals surface area (Å²) in [6, 6.07) is 5.43. The molecule has 1 saturated carbocycles. The van der Waals surface area contributed by atoms with Crippen molar-refractivity contribution in [3.8, 4) is 5.75 Å². The molecule has 5 nitrogen and oxygen atoms in total. The third kappa shape index (κ3) is 4.12. The Morgan fingerprint density at radius 1 is 1.35 bits per heavy atom. The molecule has 1 aliphatic carbocycles. The van der Waals surface area contributed by atoms with Gasteiger partial charge in [0.05, 0.1) is 12.4 Å². The third-order valence-corrected chi connectivity index (χ3v) is 4.29. The summed E-state index contributed by atoms with van der Waals surface area (Å²) in [4.78, 5) is 19.9. The second-order valence-electron chi connectivity index (χ2n) is 5.58. The molecule has 0 bridgehead atoms. The van der Waals surface area contributed by atoms with Crippen LogP contribution in [0.15, 0.2) is 30.6 Å². The minimum atomic E-state index is -0.0907. The first-order valence-corrected chi connectivity index (χ1v) is 7.98. The van der Waals surface area contributed by atoms with E-state index in [-0.39, 0.29) is 23.8 Å². The Balaban J connectivity index is 1.67. The number of nitrogens with zero attached hydrogens (tertiary/aromatic N) is 2. The van der Waals surface area contributed by atoms with Gasteiger partial charge in [-0.15, -0.1) is 0 Å². The molecule has 120 valence electrons. The normalized spacial score (nSPS) is 19.3. The molecule has 1 amide bonds. The minimum Gasteiger partial charge on any atom is -0.486 e. The van der Waals surface area contributed by atoms with Crippen molar-refractivity contribution in [2.24, 2.45) is 5.92 Å². The Morgan fingerprint density at radius 2 is 2.04 bits per heavy atom. The highest BCUT2D eigenvalue weighted by Crippen LogP contribution is 2.29. The van der Waals surface area contributed by atoms with E-state index in [0.29, 0.717) is 22.3 Å². The van der Waals surface area contributed by atoms with Crippen LogP contribution in [0.1, 0.15) is 29.3 Å². The molecule has 0 saturated heterocycles. The molecule has 0 radical (unpaired) electrons. The van der Waals surface area contributed by atoms with E-state index >= 15 is 0 Å². The molecule has 1 unspecified atom stereocenters. The summed E-state index contributed by atoms with van der Waals surface area (Å²) in [6.45, 7) is 2.32. The van der Waals surface area contributed by atoms with Gasteiger partial charge < -0.3 is 10.1 Å². The number of hydrogen-bond donors (Lipinski definition) is 1. The highest BCUT2D eigenvalue weighted by Gasteiger charge is 2.34. The molecular weight excluding hydrogens is 337 g/mol. The summed E-state index contributed by atoms with van der Waals surface area (Å²) in [7, 11) is 0. The molecule has 2 atom stereocenters. The molecule has 1 fully saturated rings. The van der Waals surface area contributed by atoms with Crippen molar-refractivity contribution in [1.29, 1.82) is 0 Å². The van der Waals surface area contributed by atoms with Crippen LogP contribution in [0, 0.1) is 5.92 Å². The van der Waals surface area contributed by atoms with Gasteiger partial charge in [0.25, 0.3) is 5.91 Å². The fourth-order valence-electron chi connectivity index (χ4n) is 2.14. The summed E-state index contributed by atoms with van der Waals surface area (Å²) < 4.78 is 5.57. The van der Waals surface area contributed by atoms with E-state index in [1.807, 2.05) is 0 Å². The number of halogens is 2. The quantitative estimate of drug-likeness (QED) is 0.837. The van der Waals surface area contributed by atoms with E-state index in [0.717, 1.165) is 12.0 Å². The molecule has 1 heterocycles. The van der Waals surface area contributed by atoms with Crippen LogP contribution in [0.2, 0.25) is 10.3 Å². The monoisotopic (exact) mass is 351 g/mol. The Hall–Kier alpha value is -1.85. The summed E-state index contributed by atoms with van der Waals surface area (Å²) >= 11 is 11.8. The lowest BCUT2D eigenvalue weighted by Crippen LogP contribution is -2.26. The first kappa shape index (κ1) is 16.0. The number of benzene rings is 1. The fourth-order valence-corrected chi connectivity index (χ4v) is 2.41. The third-order valence-electron chi connectivity index (χ3n) is 3.72. The molecule has 23 heavy (non-hydrogen) atoms. The van der Waals surface area contributed by atoms with Crippen molar-refractivity contribution in [2.45, 2.75) is 26.0 Å². The van der Waals surface area contributed by atoms with E-state index in [2.05, 4.69) is 22.2 Å². The zero-order chi connectivity index (χ0) is 16.4. The molecule has 1 N–H and O–H groups in total. The summed E-state index contributed by atoms with van der Waals surface area (Å²) in [5.41, 5.74) is 1.29. The van der Waals surface area contributed by atoms with Crippen LogP contribution in [0.3, 0.4) is 0 Å². The summed E-state index contributed by atoms with van der Waals surface area (Å²) in [5.74, 6) is 0.943. The number of hydrogen-bond acceptors (Lipinski definition) is 4. The molecule has 7 heteroatoms. The Kier molecular flexibility index (Phi) is 4.68. The smallest absolute Gasteiger partial charge is 0.251 e. The molecule has 1 aliphatic rings. The number of carbonyl (C=O) groups is 1. The highest BCUT2D eigenvalue weighted by atomic mass is 35.5. The Labute approximate surface area is 144 Å². The average Bonchev–Trinajstić information content (AvgIpc) is 3.23. The SMILES string of the molecule is C[C@H]1CC1NC(=O)c1ccc(Cl)c(COc2cnc(Cl)nc2)c1. The van der Waals surface area contributed by atoms with Gasteiger partial charge >= 0.3 is 0 Å². The lowest BCUT2D eigenvalue weighted by atomic mass is 10.1. The Bertz CT molecular complexity index is 722. The van der Waals surface area contributed by atoms with Crippen LogP contribution in [0.4, 0.5) is 0 Å². The number of amides is 1. The van der Waals surface area contributed by atoms with Gasteiger partial charge in [-0.2, -0.15) is 0 Å². The second-order valence-corrected chi connectivity index (χ2v) is 6.32. The Morgan fingerprint density at radius 3 is 2.70 bits per heavy atom. The molecule has 1 aromatic carbocycles. The maximum absolute atomic E-state index is 12.2. The first-order chi connectivity index (χ1) is 11.0. The zero-order valence-electron chi connectivity index (χ0n) is 12.4. The van der Waals surface area contributed by atoms with Crippen LogP contribution in [-0.2, 0) is 6.61 Å². The molecular formula is C16H15Cl2N3O2. The largest absolute Gasteiger partial charge is 0.486 e. The molecule has 3 rings (SSSR count). The van der Waals surface area contributed by atoms with E-state index in [4.69, 9.17) is 27.9 Å². The average molecular weight is 352 g/mol. The minimum absolute atomic E-state index is 0.0907. The van der Waals surface area contributed by atoms with Gasteiger partial charge in [0.1, 0.15) is 6.61 Å². The summed E-state index contributed by atoms with van der Waals surface area (Å²) in [6.07, 6.45) is 3.99. The van der Waals surface area contributed by atoms with Gasteiger partial charge in [0, 0.05) is 22.2 Å². The van der Waals surface area contributed by atoms with Crippen LogP contribution < -0.4 is 10.1 Å². The number of ether oxygens (including phenoxy) is 1. The molecule has 0 aliphatic heterocycles. The molecule has 2 aromatic rings. The predicted molar refractivity (Wildman–Crippen MR) is 87.9 cm³/mol. The van der Waals surface area contributed by atoms with E-state index < -0.39 is 0 Å². The van der Waals surface area contributed by atoms with Gasteiger partial charge in [0.15, 0.2) is 5.75 Å². The van der Waals surface area contributed by atoms with E-state index in [1.165, 1.54) is 12.4 Å². The van der Waals surface area contributed by atoms with Gasteiger partial charge in [-0.05, 0) is 42.1 Å². The predicted octanol–water partition coefficient (Wildman–Crippen LogP) is 3.50. The van der Waals surface area contributed by atoms with Gasteiger partial charge in [-0.1, -0.05) is 18.5 Å². The van der Waals surface area contributed by atoms with Crippen molar-refractivity contribution in [1.82, 2.24) is 15.3 Å². The number of aromatic nitrogens is 2. The zero-order valence-corrected chi connectivity index (χ0v) is 13.9. The second kappa shape index (κ2) is 6.72. The van der Waals surface area contributed by atoms with E-state index in [1.54, 1.807) is 18.2 Å². The lowest BCUT2D eigenvalue weighted by Gasteiger charge is -2.10. The standard InChI is InChI=1S/C16H15Cl2N3O2/c1-9-4-14(9)21-15(22)10-2-3-13(17)11(5-10)8-23-12-6-19-16(18)20-7-12/h2-3,5-7,9,14H,4,8H2,1H3,(H,21,22)/t9-,14?/m0/s1. The van der Waals surface area contributed by atoms with Crippen molar-refractivity contribution < 1.29 is 9.53 Å². The highest BCUT2D eigenvalue weighted by molar-refractivity contribution is 6.31. The van der Waals surface area contributed by atoms with Crippen molar-refractivity contribution in [3.05, 3.63) is 52.0 Å². The van der Waals surface area contributed by atoms with Crippen LogP contribution >= 0.6 is 23.2 Å². The lowest BCUT2D eigenvalue weighted by molar-refractivity contribution is 0.0949. The van der Waals surface area contributed by atoms with E-state index in [9.17, 15) is 4.79 Å². The van der Waals surface area contributed by atoms with Crippen LogP contribution in [-0.4, -0.2) is 21.9 Å². The molecule has 1 aromatic heterocycles. The van der Waals surface area contributed by atoms with Crippen molar-refractivity contribution in [2.75, 3.05) is 0 Å². The fraction of sp³-hybridized carbons (Fsp3) is 0.312. The van der Waals surface area contributed by atoms with Crippen LogP contribution in [0.5, 0.6) is 5.75 Å². The van der Waals surface area contributed by atoms with Crippen molar-refractivity contribution >= 4 is 29.1 Å². The van der Waals surface area contributed by atoms with Gasteiger partial charge in [-0.25, -0.2) is 9.97 Å². The van der Waals surface area contributed by atoms with Crippen molar-refractivity contribution in [3.63, 3.8) is 0 Å². The maximum atomic E-state index is 12.2. The number of carbonyl (C=O) groups excluding carboxylic acids is 1. The topological polar surface area (TPSA) is 64.1 Å².